The molecule has 4 atom stereocenters. The molecule has 1 aliphatic carbocycles. The molecule has 2 fully saturated rings. The van der Waals surface area contributed by atoms with E-state index < -0.39 is 0 Å². The summed E-state index contributed by atoms with van der Waals surface area (Å²) in [6, 6.07) is 20.7. The first kappa shape index (κ1) is 16.8. The second kappa shape index (κ2) is 7.31. The Morgan fingerprint density at radius 1 is 0.800 bits per heavy atom. The average Bonchev–Trinajstić information content (AvgIpc) is 3.12. The molecule has 0 unspecified atom stereocenters. The third kappa shape index (κ3) is 3.80. The van der Waals surface area contributed by atoms with Gasteiger partial charge in [0.05, 0.1) is 12.2 Å². The highest BCUT2D eigenvalue weighted by Crippen LogP contribution is 2.38. The smallest absolute Gasteiger partial charge is 0.0678 e. The van der Waals surface area contributed by atoms with Crippen LogP contribution in [0.3, 0.4) is 0 Å². The average molecular weight is 335 g/mol. The third-order valence-electron chi connectivity index (χ3n) is 5.86. The summed E-state index contributed by atoms with van der Waals surface area (Å²) in [6.07, 6.45) is 4.67. The highest BCUT2D eigenvalue weighted by atomic mass is 16.5. The Morgan fingerprint density at radius 3 is 2.12 bits per heavy atom. The molecule has 4 rings (SSSR count). The van der Waals surface area contributed by atoms with Gasteiger partial charge in [-0.1, -0.05) is 54.6 Å². The standard InChI is InChI=1S/C23H29NO/c1-17-15-24(16-18(2)25-17)23-13-12-22(14-23)21-10-8-20(9-11-21)19-6-4-3-5-7-19/h3-11,17-18,22-23H,12-16H2,1-2H3/t17-,18+,22-,23-/m1/s1. The first-order valence-electron chi connectivity index (χ1n) is 9.74. The molecule has 2 aromatic rings. The van der Waals surface area contributed by atoms with Gasteiger partial charge in [-0.05, 0) is 55.7 Å². The topological polar surface area (TPSA) is 12.5 Å². The SMILES string of the molecule is C[C@@H]1CN([C@@H]2CC[C@@H](c3ccc(-c4ccccc4)cc3)C2)C[C@H](C)O1. The molecule has 132 valence electrons. The lowest BCUT2D eigenvalue weighted by molar-refractivity contribution is -0.0796. The number of hydrogen-bond donors (Lipinski definition) is 0. The van der Waals surface area contributed by atoms with E-state index in [-0.39, 0.29) is 0 Å². The number of ether oxygens (including phenoxy) is 1. The van der Waals surface area contributed by atoms with Gasteiger partial charge in [0.1, 0.15) is 0 Å². The fourth-order valence-corrected chi connectivity index (χ4v) is 4.69. The maximum atomic E-state index is 5.90. The first-order chi connectivity index (χ1) is 12.2. The van der Waals surface area contributed by atoms with E-state index in [1.807, 2.05) is 0 Å². The van der Waals surface area contributed by atoms with E-state index in [0.717, 1.165) is 19.1 Å². The fraction of sp³-hybridized carbons (Fsp3) is 0.478. The Hall–Kier alpha value is -1.64. The molecule has 0 spiro atoms. The summed E-state index contributed by atoms with van der Waals surface area (Å²) in [7, 11) is 0. The molecule has 0 radical (unpaired) electrons. The molecular weight excluding hydrogens is 306 g/mol. The molecule has 2 aromatic carbocycles. The van der Waals surface area contributed by atoms with E-state index in [9.17, 15) is 0 Å². The Labute approximate surface area is 151 Å². The van der Waals surface area contributed by atoms with E-state index in [1.54, 1.807) is 0 Å². The van der Waals surface area contributed by atoms with Crippen LogP contribution < -0.4 is 0 Å². The molecule has 1 saturated carbocycles. The lowest BCUT2D eigenvalue weighted by Gasteiger charge is -2.39. The summed E-state index contributed by atoms with van der Waals surface area (Å²) in [5.41, 5.74) is 4.13. The minimum atomic E-state index is 0.368. The van der Waals surface area contributed by atoms with Crippen molar-refractivity contribution in [1.82, 2.24) is 4.90 Å². The van der Waals surface area contributed by atoms with E-state index in [0.29, 0.717) is 18.1 Å². The van der Waals surface area contributed by atoms with Crippen molar-refractivity contribution < 1.29 is 4.74 Å². The highest BCUT2D eigenvalue weighted by molar-refractivity contribution is 5.63. The van der Waals surface area contributed by atoms with Crippen LogP contribution in [0.4, 0.5) is 0 Å². The van der Waals surface area contributed by atoms with Gasteiger partial charge in [0.2, 0.25) is 0 Å². The van der Waals surface area contributed by atoms with Crippen LogP contribution in [0.2, 0.25) is 0 Å². The van der Waals surface area contributed by atoms with Crippen molar-refractivity contribution >= 4 is 0 Å². The van der Waals surface area contributed by atoms with Crippen molar-refractivity contribution in [2.24, 2.45) is 0 Å². The molecule has 1 aliphatic heterocycles. The van der Waals surface area contributed by atoms with Crippen LogP contribution in [0.25, 0.3) is 11.1 Å². The normalized spacial score (nSPS) is 30.5. The zero-order valence-corrected chi connectivity index (χ0v) is 15.4. The molecule has 0 aromatic heterocycles. The van der Waals surface area contributed by atoms with Gasteiger partial charge in [-0.3, -0.25) is 4.90 Å². The van der Waals surface area contributed by atoms with Gasteiger partial charge in [-0.25, -0.2) is 0 Å². The van der Waals surface area contributed by atoms with Crippen LogP contribution in [0.5, 0.6) is 0 Å². The quantitative estimate of drug-likeness (QED) is 0.774. The second-order valence-electron chi connectivity index (χ2n) is 7.86. The van der Waals surface area contributed by atoms with Gasteiger partial charge in [0.15, 0.2) is 0 Å². The van der Waals surface area contributed by atoms with Crippen molar-refractivity contribution in [3.8, 4) is 11.1 Å². The van der Waals surface area contributed by atoms with Crippen LogP contribution in [-0.4, -0.2) is 36.2 Å². The van der Waals surface area contributed by atoms with Crippen molar-refractivity contribution in [2.75, 3.05) is 13.1 Å². The monoisotopic (exact) mass is 335 g/mol. The van der Waals surface area contributed by atoms with E-state index in [4.69, 9.17) is 4.74 Å². The van der Waals surface area contributed by atoms with Gasteiger partial charge in [-0.15, -0.1) is 0 Å². The van der Waals surface area contributed by atoms with E-state index >= 15 is 0 Å². The van der Waals surface area contributed by atoms with Crippen LogP contribution in [0.15, 0.2) is 54.6 Å². The zero-order valence-electron chi connectivity index (χ0n) is 15.4. The maximum Gasteiger partial charge on any atom is 0.0678 e. The molecule has 25 heavy (non-hydrogen) atoms. The lowest BCUT2D eigenvalue weighted by atomic mass is 9.94. The molecule has 0 amide bonds. The highest BCUT2D eigenvalue weighted by Gasteiger charge is 2.33. The Bertz CT molecular complexity index is 671. The number of rotatable bonds is 3. The summed E-state index contributed by atoms with van der Waals surface area (Å²) in [5, 5.41) is 0. The van der Waals surface area contributed by atoms with Crippen molar-refractivity contribution in [2.45, 2.75) is 57.3 Å². The van der Waals surface area contributed by atoms with Crippen molar-refractivity contribution in [3.63, 3.8) is 0 Å². The van der Waals surface area contributed by atoms with E-state index in [2.05, 4.69) is 73.3 Å². The fourth-order valence-electron chi connectivity index (χ4n) is 4.69. The molecule has 1 heterocycles. The summed E-state index contributed by atoms with van der Waals surface area (Å²) in [5.74, 6) is 0.711. The number of hydrogen-bond acceptors (Lipinski definition) is 2. The van der Waals surface area contributed by atoms with E-state index in [1.165, 1.54) is 36.0 Å². The molecule has 2 heteroatoms. The van der Waals surface area contributed by atoms with Gasteiger partial charge in [0, 0.05) is 19.1 Å². The van der Waals surface area contributed by atoms with Gasteiger partial charge >= 0.3 is 0 Å². The molecule has 2 aliphatic rings. The number of morpholine rings is 1. The summed E-state index contributed by atoms with van der Waals surface area (Å²) in [4.78, 5) is 2.68. The van der Waals surface area contributed by atoms with Gasteiger partial charge < -0.3 is 4.74 Å². The van der Waals surface area contributed by atoms with Crippen LogP contribution in [0, 0.1) is 0 Å². The zero-order chi connectivity index (χ0) is 17.2. The summed E-state index contributed by atoms with van der Waals surface area (Å²) >= 11 is 0. The van der Waals surface area contributed by atoms with Gasteiger partial charge in [0.25, 0.3) is 0 Å². The molecule has 1 saturated heterocycles. The van der Waals surface area contributed by atoms with Crippen molar-refractivity contribution in [3.05, 3.63) is 60.2 Å². The first-order valence-corrected chi connectivity index (χ1v) is 9.74. The molecule has 0 N–H and O–H groups in total. The predicted molar refractivity (Wildman–Crippen MR) is 104 cm³/mol. The minimum Gasteiger partial charge on any atom is -0.373 e. The van der Waals surface area contributed by atoms with Crippen LogP contribution in [0.1, 0.15) is 44.6 Å². The number of benzene rings is 2. The third-order valence-corrected chi connectivity index (χ3v) is 5.86. The summed E-state index contributed by atoms with van der Waals surface area (Å²) in [6.45, 7) is 6.60. The predicted octanol–water partition coefficient (Wildman–Crippen LogP) is 5.10. The lowest BCUT2D eigenvalue weighted by Crippen LogP contribution is -2.49. The number of nitrogens with zero attached hydrogens (tertiary/aromatic N) is 1. The Morgan fingerprint density at radius 2 is 1.44 bits per heavy atom. The summed E-state index contributed by atoms with van der Waals surface area (Å²) < 4.78 is 5.90. The van der Waals surface area contributed by atoms with Crippen molar-refractivity contribution in [1.29, 1.82) is 0 Å². The molecule has 2 nitrogen and oxygen atoms in total. The maximum absolute atomic E-state index is 5.90. The van der Waals surface area contributed by atoms with Gasteiger partial charge in [-0.2, -0.15) is 0 Å². The van der Waals surface area contributed by atoms with Crippen LogP contribution in [-0.2, 0) is 4.74 Å². The Balaban J connectivity index is 1.42. The molecular formula is C23H29NO. The second-order valence-corrected chi connectivity index (χ2v) is 7.86. The minimum absolute atomic E-state index is 0.368. The largest absolute Gasteiger partial charge is 0.373 e. The Kier molecular flexibility index (Phi) is 4.91. The molecule has 0 bridgehead atoms. The van der Waals surface area contributed by atoms with Crippen LogP contribution >= 0.6 is 0 Å².